The van der Waals surface area contributed by atoms with Crippen molar-refractivity contribution in [3.8, 4) is 11.5 Å². The molecule has 2 aromatic carbocycles. The van der Waals surface area contributed by atoms with Gasteiger partial charge in [0.1, 0.15) is 12.4 Å². The lowest BCUT2D eigenvalue weighted by molar-refractivity contribution is 0.284. The van der Waals surface area contributed by atoms with Crippen molar-refractivity contribution in [1.82, 2.24) is 0 Å². The van der Waals surface area contributed by atoms with E-state index in [2.05, 4.69) is 0 Å². The van der Waals surface area contributed by atoms with Gasteiger partial charge in [0.25, 0.3) is 0 Å². The molecule has 0 saturated heterocycles. The SMILES string of the molecule is COc1cc(C(=N)N)ccc1OCc1c(Cl)cccc1Cl. The smallest absolute Gasteiger partial charge is 0.161 e. The highest BCUT2D eigenvalue weighted by molar-refractivity contribution is 6.35. The largest absolute Gasteiger partial charge is 0.493 e. The first-order valence-electron chi connectivity index (χ1n) is 6.11. The fourth-order valence-electron chi connectivity index (χ4n) is 1.77. The van der Waals surface area contributed by atoms with Gasteiger partial charge in [0.2, 0.25) is 0 Å². The Hall–Kier alpha value is -1.91. The van der Waals surface area contributed by atoms with E-state index in [1.165, 1.54) is 7.11 Å². The van der Waals surface area contributed by atoms with Crippen LogP contribution in [0.2, 0.25) is 10.0 Å². The molecule has 0 spiro atoms. The minimum absolute atomic E-state index is 0.0333. The topological polar surface area (TPSA) is 68.3 Å². The molecule has 21 heavy (non-hydrogen) atoms. The number of amidine groups is 1. The van der Waals surface area contributed by atoms with Crippen molar-refractivity contribution in [1.29, 1.82) is 5.41 Å². The number of nitrogens with one attached hydrogen (secondary N) is 1. The minimum atomic E-state index is -0.0333. The second kappa shape index (κ2) is 6.70. The van der Waals surface area contributed by atoms with Gasteiger partial charge in [-0.05, 0) is 30.3 Å². The number of nitrogen functional groups attached to an aromatic ring is 1. The van der Waals surface area contributed by atoms with E-state index in [0.717, 1.165) is 0 Å². The Morgan fingerprint density at radius 1 is 1.14 bits per heavy atom. The third-order valence-electron chi connectivity index (χ3n) is 2.91. The molecular weight excluding hydrogens is 311 g/mol. The summed E-state index contributed by atoms with van der Waals surface area (Å²) in [5.41, 5.74) is 6.72. The molecule has 0 amide bonds. The van der Waals surface area contributed by atoms with E-state index in [4.69, 9.17) is 43.8 Å². The molecule has 0 aliphatic heterocycles. The molecule has 0 aliphatic rings. The summed E-state index contributed by atoms with van der Waals surface area (Å²) < 4.78 is 10.9. The predicted molar refractivity (Wildman–Crippen MR) is 84.8 cm³/mol. The highest BCUT2D eigenvalue weighted by Crippen LogP contribution is 2.31. The summed E-state index contributed by atoms with van der Waals surface area (Å²) in [6.07, 6.45) is 0. The average Bonchev–Trinajstić information content (AvgIpc) is 2.46. The lowest BCUT2D eigenvalue weighted by Crippen LogP contribution is -2.11. The highest BCUT2D eigenvalue weighted by Gasteiger charge is 2.10. The van der Waals surface area contributed by atoms with Crippen LogP contribution in [0.5, 0.6) is 11.5 Å². The first kappa shape index (κ1) is 15.5. The van der Waals surface area contributed by atoms with Crippen LogP contribution >= 0.6 is 23.2 Å². The summed E-state index contributed by atoms with van der Waals surface area (Å²) in [7, 11) is 1.52. The van der Waals surface area contributed by atoms with Gasteiger partial charge in [-0.1, -0.05) is 29.3 Å². The first-order chi connectivity index (χ1) is 10.0. The zero-order valence-electron chi connectivity index (χ0n) is 11.3. The number of hydrogen-bond acceptors (Lipinski definition) is 3. The Balaban J connectivity index is 2.22. The normalized spacial score (nSPS) is 10.2. The molecule has 0 fully saturated rings. The van der Waals surface area contributed by atoms with Crippen molar-refractivity contribution in [3.05, 3.63) is 57.6 Å². The van der Waals surface area contributed by atoms with Crippen molar-refractivity contribution in [2.24, 2.45) is 5.73 Å². The summed E-state index contributed by atoms with van der Waals surface area (Å²) in [5, 5.41) is 8.50. The molecule has 4 nitrogen and oxygen atoms in total. The van der Waals surface area contributed by atoms with Gasteiger partial charge in [-0.2, -0.15) is 0 Å². The Morgan fingerprint density at radius 2 is 1.81 bits per heavy atom. The van der Waals surface area contributed by atoms with Crippen LogP contribution in [0.4, 0.5) is 0 Å². The molecule has 0 bridgehead atoms. The van der Waals surface area contributed by atoms with Crippen LogP contribution in [-0.2, 0) is 6.61 Å². The average molecular weight is 325 g/mol. The predicted octanol–water partition coefficient (Wildman–Crippen LogP) is 3.87. The molecule has 6 heteroatoms. The van der Waals surface area contributed by atoms with Gasteiger partial charge in [0.15, 0.2) is 11.5 Å². The van der Waals surface area contributed by atoms with Crippen molar-refractivity contribution in [2.75, 3.05) is 7.11 Å². The first-order valence-corrected chi connectivity index (χ1v) is 6.86. The number of halogens is 2. The fraction of sp³-hybridized carbons (Fsp3) is 0.133. The molecule has 110 valence electrons. The van der Waals surface area contributed by atoms with Crippen molar-refractivity contribution < 1.29 is 9.47 Å². The number of benzene rings is 2. The van der Waals surface area contributed by atoms with Crippen molar-refractivity contribution >= 4 is 29.0 Å². The lowest BCUT2D eigenvalue weighted by Gasteiger charge is -2.13. The fourth-order valence-corrected chi connectivity index (χ4v) is 2.28. The van der Waals surface area contributed by atoms with E-state index in [1.54, 1.807) is 36.4 Å². The van der Waals surface area contributed by atoms with Crippen LogP contribution in [0, 0.1) is 5.41 Å². The molecular formula is C15H14Cl2N2O2. The monoisotopic (exact) mass is 324 g/mol. The molecule has 0 aliphatic carbocycles. The molecule has 0 heterocycles. The summed E-state index contributed by atoms with van der Waals surface area (Å²) in [6.45, 7) is 0.217. The van der Waals surface area contributed by atoms with E-state index in [0.29, 0.717) is 32.7 Å². The Kier molecular flexibility index (Phi) is 4.94. The van der Waals surface area contributed by atoms with Crippen molar-refractivity contribution in [3.63, 3.8) is 0 Å². The number of methoxy groups -OCH3 is 1. The Morgan fingerprint density at radius 3 is 2.38 bits per heavy atom. The lowest BCUT2D eigenvalue weighted by atomic mass is 10.2. The van der Waals surface area contributed by atoms with Crippen LogP contribution in [0.25, 0.3) is 0 Å². The van der Waals surface area contributed by atoms with E-state index < -0.39 is 0 Å². The third kappa shape index (κ3) is 3.60. The van der Waals surface area contributed by atoms with Crippen LogP contribution in [0.3, 0.4) is 0 Å². The summed E-state index contributed by atoms with van der Waals surface area (Å²) in [4.78, 5) is 0. The number of nitrogens with two attached hydrogens (primary N) is 1. The van der Waals surface area contributed by atoms with Gasteiger partial charge < -0.3 is 15.2 Å². The molecule has 0 unspecified atom stereocenters. The number of hydrogen-bond donors (Lipinski definition) is 2. The molecule has 2 aromatic rings. The van der Waals surface area contributed by atoms with Gasteiger partial charge in [-0.25, -0.2) is 0 Å². The van der Waals surface area contributed by atoms with Gasteiger partial charge >= 0.3 is 0 Å². The molecule has 0 atom stereocenters. The zero-order chi connectivity index (χ0) is 15.4. The maximum Gasteiger partial charge on any atom is 0.161 e. The van der Waals surface area contributed by atoms with E-state index in [9.17, 15) is 0 Å². The zero-order valence-corrected chi connectivity index (χ0v) is 12.8. The Labute approximate surface area is 132 Å². The number of ether oxygens (including phenoxy) is 2. The maximum absolute atomic E-state index is 7.42. The van der Waals surface area contributed by atoms with Crippen LogP contribution < -0.4 is 15.2 Å². The van der Waals surface area contributed by atoms with Crippen LogP contribution in [0.15, 0.2) is 36.4 Å². The molecule has 3 N–H and O–H groups in total. The second-order valence-electron chi connectivity index (χ2n) is 4.27. The van der Waals surface area contributed by atoms with Gasteiger partial charge in [-0.3, -0.25) is 5.41 Å². The molecule has 2 rings (SSSR count). The highest BCUT2D eigenvalue weighted by atomic mass is 35.5. The maximum atomic E-state index is 7.42. The van der Waals surface area contributed by atoms with E-state index in [-0.39, 0.29) is 12.4 Å². The minimum Gasteiger partial charge on any atom is -0.493 e. The van der Waals surface area contributed by atoms with E-state index in [1.807, 2.05) is 0 Å². The van der Waals surface area contributed by atoms with Gasteiger partial charge in [0.05, 0.1) is 7.11 Å². The van der Waals surface area contributed by atoms with Crippen LogP contribution in [-0.4, -0.2) is 12.9 Å². The molecule has 0 aromatic heterocycles. The molecule has 0 saturated carbocycles. The quantitative estimate of drug-likeness (QED) is 0.648. The summed E-state index contributed by atoms with van der Waals surface area (Å²) in [5.74, 6) is 0.985. The Bertz CT molecular complexity index is 654. The standard InChI is InChI=1S/C15H14Cl2N2O2/c1-20-14-7-9(15(18)19)5-6-13(14)21-8-10-11(16)3-2-4-12(10)17/h2-7H,8H2,1H3,(H3,18,19). The van der Waals surface area contributed by atoms with Crippen molar-refractivity contribution in [2.45, 2.75) is 6.61 Å². The second-order valence-corrected chi connectivity index (χ2v) is 5.08. The van der Waals surface area contributed by atoms with E-state index >= 15 is 0 Å². The summed E-state index contributed by atoms with van der Waals surface area (Å²) >= 11 is 12.2. The van der Waals surface area contributed by atoms with Gasteiger partial charge in [0, 0.05) is 21.2 Å². The number of rotatable bonds is 5. The third-order valence-corrected chi connectivity index (χ3v) is 3.62. The molecule has 0 radical (unpaired) electrons. The van der Waals surface area contributed by atoms with Gasteiger partial charge in [-0.15, -0.1) is 0 Å². The van der Waals surface area contributed by atoms with Crippen LogP contribution in [0.1, 0.15) is 11.1 Å². The summed E-state index contributed by atoms with van der Waals surface area (Å²) in [6, 6.07) is 10.3.